The molecule has 1 nitrogen and oxygen atoms in total. The van der Waals surface area contributed by atoms with Gasteiger partial charge in [-0.25, -0.2) is 0 Å². The lowest BCUT2D eigenvalue weighted by molar-refractivity contribution is -0.685. The van der Waals surface area contributed by atoms with Gasteiger partial charge in [0.1, 0.15) is 13.1 Å². The number of benzene rings is 4. The molecular weight excluding hydrogens is 278 g/mol. The lowest BCUT2D eigenvalue weighted by Crippen LogP contribution is -2.80. The predicted octanol–water partition coefficient (Wildman–Crippen LogP) is 4.26. The summed E-state index contributed by atoms with van der Waals surface area (Å²) in [5, 5.41) is 7.79. The van der Waals surface area contributed by atoms with Crippen molar-refractivity contribution in [1.82, 2.24) is 0 Å². The maximum absolute atomic E-state index is 2.39. The summed E-state index contributed by atoms with van der Waals surface area (Å²) in [5.74, 6) is 0. The maximum atomic E-state index is 2.39. The van der Waals surface area contributed by atoms with Gasteiger partial charge in [-0.1, -0.05) is 78.9 Å². The summed E-state index contributed by atoms with van der Waals surface area (Å²) in [6.45, 7) is 2.01. The van der Waals surface area contributed by atoms with Gasteiger partial charge < -0.3 is 5.32 Å². The van der Waals surface area contributed by atoms with E-state index in [0.717, 1.165) is 13.1 Å². The molecule has 0 atom stereocenters. The molecule has 0 saturated carbocycles. The highest BCUT2D eigenvalue weighted by atomic mass is 14.8. The van der Waals surface area contributed by atoms with E-state index in [2.05, 4.69) is 90.2 Å². The fourth-order valence-electron chi connectivity index (χ4n) is 3.33. The molecule has 0 aliphatic heterocycles. The summed E-state index contributed by atoms with van der Waals surface area (Å²) in [6, 6.07) is 30.4. The van der Waals surface area contributed by atoms with Crippen LogP contribution in [0.15, 0.2) is 84.9 Å². The number of rotatable bonds is 4. The highest BCUT2D eigenvalue weighted by Gasteiger charge is 2.08. The minimum absolute atomic E-state index is 0.997. The molecule has 23 heavy (non-hydrogen) atoms. The minimum Gasteiger partial charge on any atom is -0.339 e. The second kappa shape index (κ2) is 6.23. The Bertz CT molecular complexity index is 888. The third kappa shape index (κ3) is 2.84. The van der Waals surface area contributed by atoms with Crippen molar-refractivity contribution in [3.8, 4) is 0 Å². The lowest BCUT2D eigenvalue weighted by Gasteiger charge is -2.11. The van der Waals surface area contributed by atoms with E-state index in [1.54, 1.807) is 0 Å². The van der Waals surface area contributed by atoms with Crippen molar-refractivity contribution in [2.75, 3.05) is 0 Å². The minimum atomic E-state index is 0.997. The number of nitrogens with two attached hydrogens (primary N) is 1. The predicted molar refractivity (Wildman–Crippen MR) is 97.2 cm³/mol. The summed E-state index contributed by atoms with van der Waals surface area (Å²) in [4.78, 5) is 0. The molecule has 0 aromatic heterocycles. The summed E-state index contributed by atoms with van der Waals surface area (Å²) < 4.78 is 0. The van der Waals surface area contributed by atoms with Gasteiger partial charge >= 0.3 is 0 Å². The average molecular weight is 298 g/mol. The highest BCUT2D eigenvalue weighted by molar-refractivity contribution is 6.02. The van der Waals surface area contributed by atoms with Crippen molar-refractivity contribution in [3.63, 3.8) is 0 Å². The van der Waals surface area contributed by atoms with Crippen molar-refractivity contribution in [3.05, 3.63) is 96.1 Å². The Kier molecular flexibility index (Phi) is 3.79. The molecule has 4 aromatic carbocycles. The van der Waals surface area contributed by atoms with E-state index in [-0.39, 0.29) is 0 Å². The average Bonchev–Trinajstić information content (AvgIpc) is 2.62. The molecule has 2 N–H and O–H groups in total. The Morgan fingerprint density at radius 2 is 1.13 bits per heavy atom. The molecule has 0 bridgehead atoms. The molecule has 0 unspecified atom stereocenters. The van der Waals surface area contributed by atoms with E-state index in [9.17, 15) is 0 Å². The monoisotopic (exact) mass is 298 g/mol. The first-order valence-corrected chi connectivity index (χ1v) is 8.17. The van der Waals surface area contributed by atoms with Crippen LogP contribution >= 0.6 is 0 Å². The third-order valence-corrected chi connectivity index (χ3v) is 4.45. The van der Waals surface area contributed by atoms with Crippen LogP contribution in [0.25, 0.3) is 21.5 Å². The Balaban J connectivity index is 1.71. The Hall–Kier alpha value is -2.64. The highest BCUT2D eigenvalue weighted by Crippen LogP contribution is 2.27. The van der Waals surface area contributed by atoms with Crippen LogP contribution in [0.2, 0.25) is 0 Å². The molecule has 0 heterocycles. The van der Waals surface area contributed by atoms with Crippen LogP contribution in [0.3, 0.4) is 0 Å². The van der Waals surface area contributed by atoms with Crippen molar-refractivity contribution in [2.24, 2.45) is 0 Å². The summed E-state index contributed by atoms with van der Waals surface area (Å²) >= 11 is 0. The van der Waals surface area contributed by atoms with Gasteiger partial charge in [0, 0.05) is 11.1 Å². The largest absolute Gasteiger partial charge is 0.339 e. The second-order valence-corrected chi connectivity index (χ2v) is 5.98. The molecule has 1 heteroatoms. The van der Waals surface area contributed by atoms with Crippen LogP contribution in [0.5, 0.6) is 0 Å². The summed E-state index contributed by atoms with van der Waals surface area (Å²) in [6.07, 6.45) is 0. The summed E-state index contributed by atoms with van der Waals surface area (Å²) in [5.41, 5.74) is 2.81. The van der Waals surface area contributed by atoms with Crippen molar-refractivity contribution in [1.29, 1.82) is 0 Å². The van der Waals surface area contributed by atoms with Crippen molar-refractivity contribution >= 4 is 21.5 Å². The molecule has 0 saturated heterocycles. The van der Waals surface area contributed by atoms with Gasteiger partial charge in [-0.05, 0) is 27.6 Å². The molecule has 4 aromatic rings. The van der Waals surface area contributed by atoms with Crippen LogP contribution in [0, 0.1) is 0 Å². The third-order valence-electron chi connectivity index (χ3n) is 4.45. The Morgan fingerprint density at radius 3 is 1.78 bits per heavy atom. The molecular formula is C22H20N+. The normalized spacial score (nSPS) is 11.1. The molecule has 112 valence electrons. The molecule has 0 radical (unpaired) electrons. The van der Waals surface area contributed by atoms with Gasteiger partial charge in [-0.3, -0.25) is 0 Å². The number of hydrogen-bond acceptors (Lipinski definition) is 0. The van der Waals surface area contributed by atoms with E-state index < -0.39 is 0 Å². The van der Waals surface area contributed by atoms with Crippen LogP contribution in [-0.4, -0.2) is 0 Å². The van der Waals surface area contributed by atoms with E-state index in [0.29, 0.717) is 0 Å². The van der Waals surface area contributed by atoms with Gasteiger partial charge in [0.2, 0.25) is 0 Å². The van der Waals surface area contributed by atoms with Gasteiger partial charge in [0.05, 0.1) is 0 Å². The topological polar surface area (TPSA) is 16.6 Å². The SMILES string of the molecule is c1ccc(C[NH2+]Cc2c3ccccc3cc3ccccc23)cc1. The molecule has 0 amide bonds. The van der Waals surface area contributed by atoms with Gasteiger partial charge in [-0.2, -0.15) is 0 Å². The molecule has 0 aliphatic rings. The van der Waals surface area contributed by atoms with Crippen LogP contribution in [0.4, 0.5) is 0 Å². The zero-order chi connectivity index (χ0) is 15.5. The van der Waals surface area contributed by atoms with E-state index in [1.807, 2.05) is 0 Å². The zero-order valence-electron chi connectivity index (χ0n) is 13.1. The molecule has 0 spiro atoms. The first-order valence-electron chi connectivity index (χ1n) is 8.17. The first-order chi connectivity index (χ1) is 11.4. The van der Waals surface area contributed by atoms with Gasteiger partial charge in [0.15, 0.2) is 0 Å². The molecule has 0 fully saturated rings. The molecule has 4 rings (SSSR count). The Morgan fingerprint density at radius 1 is 0.565 bits per heavy atom. The Labute approximate surface area is 136 Å². The fraction of sp³-hybridized carbons (Fsp3) is 0.0909. The standard InChI is InChI=1S/C22H19N/c1-2-8-17(9-3-1)15-23-16-22-20-12-6-4-10-18(20)14-19-11-5-7-13-21(19)22/h1-14,23H,15-16H2/p+1. The molecule has 0 aliphatic carbocycles. The van der Waals surface area contributed by atoms with E-state index in [4.69, 9.17) is 0 Å². The number of fused-ring (bicyclic) bond motifs is 2. The quantitative estimate of drug-likeness (QED) is 0.542. The van der Waals surface area contributed by atoms with Crippen LogP contribution in [-0.2, 0) is 13.1 Å². The fourth-order valence-corrected chi connectivity index (χ4v) is 3.33. The van der Waals surface area contributed by atoms with Gasteiger partial charge in [-0.15, -0.1) is 0 Å². The van der Waals surface area contributed by atoms with E-state index in [1.165, 1.54) is 32.7 Å². The van der Waals surface area contributed by atoms with Crippen molar-refractivity contribution in [2.45, 2.75) is 13.1 Å². The number of quaternary nitrogens is 1. The maximum Gasteiger partial charge on any atom is 0.103 e. The van der Waals surface area contributed by atoms with Crippen LogP contribution in [0.1, 0.15) is 11.1 Å². The second-order valence-electron chi connectivity index (χ2n) is 5.98. The zero-order valence-corrected chi connectivity index (χ0v) is 13.1. The number of hydrogen-bond donors (Lipinski definition) is 1. The van der Waals surface area contributed by atoms with Crippen molar-refractivity contribution < 1.29 is 5.32 Å². The summed E-state index contributed by atoms with van der Waals surface area (Å²) in [7, 11) is 0. The first kappa shape index (κ1) is 14.0. The van der Waals surface area contributed by atoms with Gasteiger partial charge in [0.25, 0.3) is 0 Å². The smallest absolute Gasteiger partial charge is 0.103 e. The van der Waals surface area contributed by atoms with Crippen LogP contribution < -0.4 is 5.32 Å². The lowest BCUT2D eigenvalue weighted by atomic mass is 9.97. The van der Waals surface area contributed by atoms with E-state index >= 15 is 0 Å².